The molecule has 0 aliphatic heterocycles. The second-order valence-electron chi connectivity index (χ2n) is 2.68. The number of aromatic nitrogens is 2. The van der Waals surface area contributed by atoms with Gasteiger partial charge in [-0.15, -0.1) is 0 Å². The zero-order chi connectivity index (χ0) is 7.84. The van der Waals surface area contributed by atoms with Gasteiger partial charge in [0.05, 0.1) is 11.8 Å². The van der Waals surface area contributed by atoms with Crippen LogP contribution in [0.1, 0.15) is 23.8 Å². The van der Waals surface area contributed by atoms with E-state index in [1.807, 2.05) is 0 Å². The van der Waals surface area contributed by atoms with Crippen LogP contribution in [-0.4, -0.2) is 15.1 Å². The number of nitrogens with two attached hydrogens (primary N) is 1. The largest absolute Gasteiger partial charge is 0.387 e. The third-order valence-corrected chi connectivity index (χ3v) is 2.00. The number of aliphatic hydroxyl groups excluding tert-OH is 1. The molecule has 1 aromatic heterocycles. The van der Waals surface area contributed by atoms with Crippen LogP contribution in [0.2, 0.25) is 0 Å². The van der Waals surface area contributed by atoms with Crippen LogP contribution in [0.25, 0.3) is 0 Å². The molecule has 1 heterocycles. The lowest BCUT2D eigenvalue weighted by molar-refractivity contribution is 0.175. The normalized spacial score (nSPS) is 21.7. The third kappa shape index (κ3) is 0.867. The molecule has 4 heteroatoms. The van der Waals surface area contributed by atoms with Gasteiger partial charge in [-0.25, -0.2) is 9.97 Å². The Morgan fingerprint density at radius 3 is 3.09 bits per heavy atom. The lowest BCUT2D eigenvalue weighted by atomic mass is 10.2. The molecule has 0 bridgehead atoms. The molecule has 1 aromatic rings. The summed E-state index contributed by atoms with van der Waals surface area (Å²) in [6.45, 7) is 0. The van der Waals surface area contributed by atoms with Crippen molar-refractivity contribution in [2.45, 2.75) is 18.9 Å². The van der Waals surface area contributed by atoms with E-state index in [0.717, 1.165) is 18.4 Å². The van der Waals surface area contributed by atoms with Crippen LogP contribution in [0.5, 0.6) is 0 Å². The lowest BCUT2D eigenvalue weighted by Crippen LogP contribution is -2.00. The lowest BCUT2D eigenvalue weighted by Gasteiger charge is -2.01. The van der Waals surface area contributed by atoms with Gasteiger partial charge in [0, 0.05) is 5.56 Å². The molecule has 11 heavy (non-hydrogen) atoms. The van der Waals surface area contributed by atoms with Crippen LogP contribution < -0.4 is 5.73 Å². The Bertz CT molecular complexity index is 287. The summed E-state index contributed by atoms with van der Waals surface area (Å²) in [6, 6.07) is 0. The van der Waals surface area contributed by atoms with Gasteiger partial charge in [0.2, 0.25) is 0 Å². The Morgan fingerprint density at radius 1 is 1.55 bits per heavy atom. The Morgan fingerprint density at radius 2 is 2.36 bits per heavy atom. The van der Waals surface area contributed by atoms with E-state index in [1.165, 1.54) is 6.33 Å². The molecule has 0 fully saturated rings. The topological polar surface area (TPSA) is 72.0 Å². The fourth-order valence-corrected chi connectivity index (χ4v) is 1.40. The van der Waals surface area contributed by atoms with Crippen molar-refractivity contribution in [3.8, 4) is 0 Å². The van der Waals surface area contributed by atoms with Crippen molar-refractivity contribution in [3.05, 3.63) is 17.6 Å². The Kier molecular flexibility index (Phi) is 1.29. The van der Waals surface area contributed by atoms with Crippen LogP contribution in [0.4, 0.5) is 5.82 Å². The molecule has 1 atom stereocenters. The van der Waals surface area contributed by atoms with Crippen molar-refractivity contribution >= 4 is 5.82 Å². The highest BCUT2D eigenvalue weighted by Gasteiger charge is 2.23. The van der Waals surface area contributed by atoms with Crippen molar-refractivity contribution in [1.29, 1.82) is 0 Å². The van der Waals surface area contributed by atoms with Crippen molar-refractivity contribution in [1.82, 2.24) is 9.97 Å². The van der Waals surface area contributed by atoms with E-state index in [-0.39, 0.29) is 0 Å². The number of fused-ring (bicyclic) bond motifs is 1. The molecule has 4 nitrogen and oxygen atoms in total. The minimum atomic E-state index is -0.435. The van der Waals surface area contributed by atoms with Gasteiger partial charge in [-0.3, -0.25) is 0 Å². The summed E-state index contributed by atoms with van der Waals surface area (Å²) >= 11 is 0. The predicted molar refractivity (Wildman–Crippen MR) is 39.7 cm³/mol. The second-order valence-corrected chi connectivity index (χ2v) is 2.68. The number of hydrogen-bond donors (Lipinski definition) is 2. The van der Waals surface area contributed by atoms with Crippen molar-refractivity contribution in [2.75, 3.05) is 5.73 Å². The third-order valence-electron chi connectivity index (χ3n) is 2.00. The molecule has 1 aliphatic rings. The van der Waals surface area contributed by atoms with E-state index < -0.39 is 6.10 Å². The van der Waals surface area contributed by atoms with E-state index in [4.69, 9.17) is 5.73 Å². The molecular weight excluding hydrogens is 142 g/mol. The number of nitrogens with zero attached hydrogens (tertiary/aromatic N) is 2. The fourth-order valence-electron chi connectivity index (χ4n) is 1.40. The molecule has 0 amide bonds. The summed E-state index contributed by atoms with van der Waals surface area (Å²) < 4.78 is 0. The highest BCUT2D eigenvalue weighted by molar-refractivity contribution is 5.44. The molecule has 58 valence electrons. The molecule has 3 N–H and O–H groups in total. The van der Waals surface area contributed by atoms with Gasteiger partial charge in [0.15, 0.2) is 0 Å². The zero-order valence-electron chi connectivity index (χ0n) is 5.99. The van der Waals surface area contributed by atoms with E-state index >= 15 is 0 Å². The molecule has 1 aliphatic carbocycles. The molecular formula is C7H9N3O. The number of anilines is 1. The van der Waals surface area contributed by atoms with Crippen LogP contribution in [-0.2, 0) is 6.42 Å². The maximum atomic E-state index is 9.36. The first kappa shape index (κ1) is 6.54. The average molecular weight is 151 g/mol. The number of hydrogen-bond acceptors (Lipinski definition) is 4. The molecule has 2 rings (SSSR count). The molecule has 0 saturated heterocycles. The summed E-state index contributed by atoms with van der Waals surface area (Å²) in [7, 11) is 0. The van der Waals surface area contributed by atoms with E-state index in [1.54, 1.807) is 0 Å². The van der Waals surface area contributed by atoms with Gasteiger partial charge in [0.1, 0.15) is 12.1 Å². The quantitative estimate of drug-likeness (QED) is 0.549. The van der Waals surface area contributed by atoms with Crippen LogP contribution in [0.15, 0.2) is 6.33 Å². The van der Waals surface area contributed by atoms with E-state index in [0.29, 0.717) is 11.5 Å². The fraction of sp³-hybridized carbons (Fsp3) is 0.429. The standard InChI is InChI=1S/C7H9N3O/c8-7-4-1-2-5(11)6(4)9-3-10-7/h3,5,11H,1-2H2,(H2,8,9,10). The minimum Gasteiger partial charge on any atom is -0.387 e. The SMILES string of the molecule is Nc1ncnc2c1CCC2O. The summed E-state index contributed by atoms with van der Waals surface area (Å²) in [6.07, 6.45) is 2.47. The molecule has 0 saturated carbocycles. The molecule has 1 unspecified atom stereocenters. The number of nitrogen functional groups attached to an aromatic ring is 1. The first-order chi connectivity index (χ1) is 5.29. The van der Waals surface area contributed by atoms with Gasteiger partial charge >= 0.3 is 0 Å². The number of aliphatic hydroxyl groups is 1. The summed E-state index contributed by atoms with van der Waals surface area (Å²) in [4.78, 5) is 7.80. The predicted octanol–water partition coefficient (Wildman–Crippen LogP) is 0.0384. The number of rotatable bonds is 0. The molecule has 0 aromatic carbocycles. The minimum absolute atomic E-state index is 0.435. The van der Waals surface area contributed by atoms with Crippen LogP contribution >= 0.6 is 0 Å². The van der Waals surface area contributed by atoms with E-state index in [9.17, 15) is 5.11 Å². The monoisotopic (exact) mass is 151 g/mol. The first-order valence-electron chi connectivity index (χ1n) is 3.56. The van der Waals surface area contributed by atoms with Crippen molar-refractivity contribution in [2.24, 2.45) is 0 Å². The van der Waals surface area contributed by atoms with Gasteiger partial charge < -0.3 is 10.8 Å². The van der Waals surface area contributed by atoms with Crippen molar-refractivity contribution in [3.63, 3.8) is 0 Å². The molecule has 0 radical (unpaired) electrons. The zero-order valence-corrected chi connectivity index (χ0v) is 5.99. The van der Waals surface area contributed by atoms with Gasteiger partial charge in [0.25, 0.3) is 0 Å². The average Bonchev–Trinajstić information content (AvgIpc) is 2.35. The maximum absolute atomic E-state index is 9.36. The molecule has 0 spiro atoms. The Hall–Kier alpha value is -1.16. The van der Waals surface area contributed by atoms with Gasteiger partial charge in [-0.2, -0.15) is 0 Å². The van der Waals surface area contributed by atoms with Gasteiger partial charge in [-0.1, -0.05) is 0 Å². The smallest absolute Gasteiger partial charge is 0.130 e. The van der Waals surface area contributed by atoms with Crippen LogP contribution in [0.3, 0.4) is 0 Å². The van der Waals surface area contributed by atoms with Crippen LogP contribution in [0, 0.1) is 0 Å². The maximum Gasteiger partial charge on any atom is 0.130 e. The first-order valence-corrected chi connectivity index (χ1v) is 3.56. The summed E-state index contributed by atoms with van der Waals surface area (Å²) in [5, 5.41) is 9.36. The Labute approximate surface area is 64.1 Å². The highest BCUT2D eigenvalue weighted by Crippen LogP contribution is 2.30. The van der Waals surface area contributed by atoms with Crippen molar-refractivity contribution < 1.29 is 5.11 Å². The van der Waals surface area contributed by atoms with Gasteiger partial charge in [-0.05, 0) is 12.8 Å². The highest BCUT2D eigenvalue weighted by atomic mass is 16.3. The van der Waals surface area contributed by atoms with E-state index in [2.05, 4.69) is 9.97 Å². The second kappa shape index (κ2) is 2.17. The summed E-state index contributed by atoms with van der Waals surface area (Å²) in [5.41, 5.74) is 7.19. The summed E-state index contributed by atoms with van der Waals surface area (Å²) in [5.74, 6) is 0.506. The Balaban J connectivity index is 2.57.